The van der Waals surface area contributed by atoms with Crippen molar-refractivity contribution >= 4 is 22.2 Å². The first kappa shape index (κ1) is 14.4. The van der Waals surface area contributed by atoms with Gasteiger partial charge in [-0.05, 0) is 22.4 Å². The summed E-state index contributed by atoms with van der Waals surface area (Å²) in [7, 11) is 0. The van der Waals surface area contributed by atoms with E-state index in [1.165, 1.54) is 16.3 Å². The Bertz CT molecular complexity index is 1040. The van der Waals surface area contributed by atoms with E-state index in [0.717, 1.165) is 43.3 Å². The summed E-state index contributed by atoms with van der Waals surface area (Å²) in [6.45, 7) is 3.26. The lowest BCUT2D eigenvalue weighted by molar-refractivity contribution is 0.122. The molecule has 1 fully saturated rings. The zero-order valence-electron chi connectivity index (χ0n) is 13.8. The molecule has 0 spiro atoms. The molecule has 1 aliphatic heterocycles. The van der Waals surface area contributed by atoms with Gasteiger partial charge in [-0.1, -0.05) is 42.5 Å². The Balaban J connectivity index is 1.70. The Kier molecular flexibility index (Phi) is 3.38. The molecule has 0 amide bonds. The van der Waals surface area contributed by atoms with Crippen LogP contribution < -0.4 is 4.90 Å². The fourth-order valence-electron chi connectivity index (χ4n) is 3.56. The van der Waals surface area contributed by atoms with Gasteiger partial charge in [0.05, 0.1) is 19.4 Å². The van der Waals surface area contributed by atoms with Crippen LogP contribution in [0.3, 0.4) is 0 Å². The molecule has 1 aliphatic rings. The molecule has 0 N–H and O–H groups in total. The van der Waals surface area contributed by atoms with Crippen molar-refractivity contribution in [2.24, 2.45) is 0 Å². The second kappa shape index (κ2) is 5.86. The molecule has 2 aromatic heterocycles. The van der Waals surface area contributed by atoms with Gasteiger partial charge in [-0.3, -0.25) is 0 Å². The van der Waals surface area contributed by atoms with Crippen LogP contribution in [0.25, 0.3) is 27.5 Å². The molecule has 0 unspecified atom stereocenters. The van der Waals surface area contributed by atoms with Crippen LogP contribution in [0.2, 0.25) is 0 Å². The number of morpholine rings is 1. The van der Waals surface area contributed by atoms with E-state index in [1.807, 2.05) is 23.0 Å². The summed E-state index contributed by atoms with van der Waals surface area (Å²) >= 11 is 0. The summed E-state index contributed by atoms with van der Waals surface area (Å²) < 4.78 is 7.42. The van der Waals surface area contributed by atoms with Gasteiger partial charge in [0.2, 0.25) is 0 Å². The van der Waals surface area contributed by atoms with E-state index < -0.39 is 0 Å². The Morgan fingerprint density at radius 3 is 2.64 bits per heavy atom. The third kappa shape index (κ3) is 2.36. The van der Waals surface area contributed by atoms with Gasteiger partial charge in [0.1, 0.15) is 5.82 Å². The fraction of sp³-hybridized carbons (Fsp3) is 0.200. The van der Waals surface area contributed by atoms with E-state index >= 15 is 0 Å². The zero-order chi connectivity index (χ0) is 16.6. The van der Waals surface area contributed by atoms with Crippen LogP contribution in [0.4, 0.5) is 5.82 Å². The molecule has 5 nitrogen and oxygen atoms in total. The molecule has 1 saturated heterocycles. The van der Waals surface area contributed by atoms with E-state index in [0.29, 0.717) is 0 Å². The second-order valence-corrected chi connectivity index (χ2v) is 6.22. The van der Waals surface area contributed by atoms with Gasteiger partial charge in [0.15, 0.2) is 5.65 Å². The summed E-state index contributed by atoms with van der Waals surface area (Å²) in [5, 5.41) is 7.10. The highest BCUT2D eigenvalue weighted by molar-refractivity contribution is 5.99. The molecule has 2 aromatic carbocycles. The van der Waals surface area contributed by atoms with Gasteiger partial charge in [0, 0.05) is 24.8 Å². The first-order chi connectivity index (χ1) is 12.4. The minimum absolute atomic E-state index is 0.751. The predicted molar refractivity (Wildman–Crippen MR) is 99.0 cm³/mol. The van der Waals surface area contributed by atoms with Crippen molar-refractivity contribution in [3.8, 4) is 11.1 Å². The highest BCUT2D eigenvalue weighted by Crippen LogP contribution is 2.32. The third-order valence-electron chi connectivity index (χ3n) is 4.80. The lowest BCUT2D eigenvalue weighted by atomic mass is 10.0. The van der Waals surface area contributed by atoms with Crippen LogP contribution >= 0.6 is 0 Å². The molecule has 25 heavy (non-hydrogen) atoms. The smallest absolute Gasteiger partial charge is 0.165 e. The summed E-state index contributed by atoms with van der Waals surface area (Å²) in [5.74, 6) is 1.07. The Morgan fingerprint density at radius 2 is 1.72 bits per heavy atom. The first-order valence-corrected chi connectivity index (χ1v) is 8.55. The standard InChI is InChI=1S/C20H18N4O/c1-2-6-16-15(4-1)5-3-7-17(16)18-14-22-24-19(8-9-21-20(18)24)23-10-12-25-13-11-23/h1-9,14H,10-13H2. The maximum absolute atomic E-state index is 5.47. The average Bonchev–Trinajstić information content (AvgIpc) is 3.12. The van der Waals surface area contributed by atoms with Crippen molar-refractivity contribution in [3.63, 3.8) is 0 Å². The third-order valence-corrected chi connectivity index (χ3v) is 4.80. The molecule has 5 rings (SSSR count). The fourth-order valence-corrected chi connectivity index (χ4v) is 3.56. The van der Waals surface area contributed by atoms with Crippen molar-refractivity contribution in [2.45, 2.75) is 0 Å². The zero-order valence-corrected chi connectivity index (χ0v) is 13.8. The van der Waals surface area contributed by atoms with Gasteiger partial charge in [-0.25, -0.2) is 4.98 Å². The molecule has 0 bridgehead atoms. The molecular weight excluding hydrogens is 312 g/mol. The molecule has 0 atom stereocenters. The molecular formula is C20H18N4O. The predicted octanol–water partition coefficient (Wildman–Crippen LogP) is 3.39. The largest absolute Gasteiger partial charge is 0.378 e. The normalized spacial score (nSPS) is 15.1. The Hall–Kier alpha value is -2.92. The first-order valence-electron chi connectivity index (χ1n) is 8.55. The van der Waals surface area contributed by atoms with Crippen LogP contribution in [0.15, 0.2) is 60.9 Å². The highest BCUT2D eigenvalue weighted by atomic mass is 16.5. The van der Waals surface area contributed by atoms with Crippen molar-refractivity contribution in [1.82, 2.24) is 14.6 Å². The van der Waals surface area contributed by atoms with E-state index in [4.69, 9.17) is 4.74 Å². The van der Waals surface area contributed by atoms with Gasteiger partial charge in [-0.15, -0.1) is 0 Å². The minimum Gasteiger partial charge on any atom is -0.378 e. The molecule has 4 aromatic rings. The van der Waals surface area contributed by atoms with Crippen molar-refractivity contribution in [3.05, 3.63) is 60.9 Å². The monoisotopic (exact) mass is 330 g/mol. The van der Waals surface area contributed by atoms with E-state index in [1.54, 1.807) is 0 Å². The van der Waals surface area contributed by atoms with Crippen LogP contribution in [0.1, 0.15) is 0 Å². The number of fused-ring (bicyclic) bond motifs is 2. The topological polar surface area (TPSA) is 42.7 Å². The quantitative estimate of drug-likeness (QED) is 0.565. The van der Waals surface area contributed by atoms with E-state index in [9.17, 15) is 0 Å². The van der Waals surface area contributed by atoms with Gasteiger partial charge < -0.3 is 9.64 Å². The number of hydrogen-bond donors (Lipinski definition) is 0. The number of ether oxygens (including phenoxy) is 1. The van der Waals surface area contributed by atoms with E-state index in [-0.39, 0.29) is 0 Å². The maximum atomic E-state index is 5.47. The maximum Gasteiger partial charge on any atom is 0.165 e. The van der Waals surface area contributed by atoms with Crippen LogP contribution in [-0.2, 0) is 4.74 Å². The molecule has 5 heteroatoms. The lowest BCUT2D eigenvalue weighted by Gasteiger charge is -2.28. The van der Waals surface area contributed by atoms with Crippen molar-refractivity contribution in [2.75, 3.05) is 31.2 Å². The minimum atomic E-state index is 0.751. The van der Waals surface area contributed by atoms with Crippen LogP contribution in [0.5, 0.6) is 0 Å². The number of hydrogen-bond acceptors (Lipinski definition) is 4. The molecule has 0 radical (unpaired) electrons. The SMILES string of the molecule is c1ccc2c(-c3cnn4c(N5CCOCC5)ccnc34)cccc2c1. The molecule has 0 aliphatic carbocycles. The number of aromatic nitrogens is 3. The van der Waals surface area contributed by atoms with Gasteiger partial charge in [0.25, 0.3) is 0 Å². The van der Waals surface area contributed by atoms with Crippen LogP contribution in [-0.4, -0.2) is 40.9 Å². The number of nitrogens with zero attached hydrogens (tertiary/aromatic N) is 4. The second-order valence-electron chi connectivity index (χ2n) is 6.22. The summed E-state index contributed by atoms with van der Waals surface area (Å²) in [5.41, 5.74) is 3.12. The molecule has 3 heterocycles. The van der Waals surface area contributed by atoms with Crippen molar-refractivity contribution in [1.29, 1.82) is 0 Å². The lowest BCUT2D eigenvalue weighted by Crippen LogP contribution is -2.37. The van der Waals surface area contributed by atoms with Gasteiger partial charge >= 0.3 is 0 Å². The Labute approximate surface area is 145 Å². The summed E-state index contributed by atoms with van der Waals surface area (Å²) in [6, 6.07) is 16.8. The number of benzene rings is 2. The van der Waals surface area contributed by atoms with E-state index in [2.05, 4.69) is 57.4 Å². The number of rotatable bonds is 2. The summed E-state index contributed by atoms with van der Waals surface area (Å²) in [6.07, 6.45) is 3.80. The van der Waals surface area contributed by atoms with Crippen molar-refractivity contribution < 1.29 is 4.74 Å². The summed E-state index contributed by atoms with van der Waals surface area (Å²) in [4.78, 5) is 6.93. The molecule has 124 valence electrons. The Morgan fingerprint density at radius 1 is 0.880 bits per heavy atom. The highest BCUT2D eigenvalue weighted by Gasteiger charge is 2.17. The molecule has 0 saturated carbocycles. The van der Waals surface area contributed by atoms with Crippen LogP contribution in [0, 0.1) is 0 Å². The average molecular weight is 330 g/mol. The van der Waals surface area contributed by atoms with Gasteiger partial charge in [-0.2, -0.15) is 9.61 Å². The number of anilines is 1.